The Morgan fingerprint density at radius 1 is 0.478 bits per heavy atom. The van der Waals surface area contributed by atoms with Gasteiger partial charge in [0.15, 0.2) is 45.5 Å². The van der Waals surface area contributed by atoms with Crippen LogP contribution >= 0.6 is 0 Å². The molecule has 0 aromatic rings. The summed E-state index contributed by atoms with van der Waals surface area (Å²) < 4.78 is 0. The van der Waals surface area contributed by atoms with E-state index in [1.165, 1.54) is 0 Å². The van der Waals surface area contributed by atoms with Crippen LogP contribution in [0.3, 0.4) is 0 Å². The molecule has 0 fully saturated rings. The molecule has 0 atom stereocenters. The largest absolute Gasteiger partial charge is 0.298 e. The van der Waals surface area contributed by atoms with Crippen LogP contribution in [-0.4, -0.2) is 40.5 Å². The molecule has 23 heavy (non-hydrogen) atoms. The Hall–Kier alpha value is -1.21. The van der Waals surface area contributed by atoms with Gasteiger partial charge in [0.25, 0.3) is 0 Å². The smallest absolute Gasteiger partial charge is 0.221 e. The molecular weight excluding hydrogens is 381 g/mol. The second kappa shape index (κ2) is 8.06. The Balaban J connectivity index is 0. The number of carbonyl (C=O) groups is 7. The zero-order valence-electron chi connectivity index (χ0n) is 13.9. The second-order valence-electron chi connectivity index (χ2n) is 5.17. The van der Waals surface area contributed by atoms with E-state index >= 15 is 0 Å². The average Bonchev–Trinajstić information content (AvgIpc) is 2.31. The molecule has 0 aliphatic carbocycles. The zero-order chi connectivity index (χ0) is 18.0. The van der Waals surface area contributed by atoms with Gasteiger partial charge in [-0.15, -0.1) is 0 Å². The minimum Gasteiger partial charge on any atom is -0.298 e. The summed E-state index contributed by atoms with van der Waals surface area (Å²) in [4.78, 5) is 84.6. The standard InChI is InChI=1S/C15H18O7.Y/c1-7(16)13(22)15(11(5)20,12(6)21)14(8(2)17,9(3)18)10(4)19;/h1-6H3;. The number of carbonyl (C=O) groups excluding carboxylic acids is 7. The molecule has 0 rings (SSSR count). The van der Waals surface area contributed by atoms with Gasteiger partial charge in [-0.1, -0.05) is 0 Å². The molecule has 123 valence electrons. The van der Waals surface area contributed by atoms with Crippen molar-refractivity contribution in [2.24, 2.45) is 10.8 Å². The number of rotatable bonds is 8. The molecule has 0 N–H and O–H groups in total. The van der Waals surface area contributed by atoms with E-state index in [0.717, 1.165) is 41.5 Å². The summed E-state index contributed by atoms with van der Waals surface area (Å²) in [6.07, 6.45) is 0. The van der Waals surface area contributed by atoms with Crippen molar-refractivity contribution >= 4 is 40.5 Å². The molecule has 0 spiro atoms. The van der Waals surface area contributed by atoms with E-state index in [1.807, 2.05) is 0 Å². The molecule has 0 aromatic heterocycles. The Bertz CT molecular complexity index is 565. The first-order valence-electron chi connectivity index (χ1n) is 6.43. The first-order valence-corrected chi connectivity index (χ1v) is 6.43. The predicted molar refractivity (Wildman–Crippen MR) is 74.0 cm³/mol. The number of hydrogen-bond donors (Lipinski definition) is 0. The Morgan fingerprint density at radius 3 is 0.826 bits per heavy atom. The van der Waals surface area contributed by atoms with Gasteiger partial charge in [-0.25, -0.2) is 0 Å². The van der Waals surface area contributed by atoms with Crippen LogP contribution in [0.15, 0.2) is 0 Å². The predicted octanol–water partition coefficient (Wildman–Crippen LogP) is 0.0598. The van der Waals surface area contributed by atoms with Gasteiger partial charge in [-0.2, -0.15) is 0 Å². The molecular formula is C15H18O7Y. The fraction of sp³-hybridized carbons (Fsp3) is 0.533. The summed E-state index contributed by atoms with van der Waals surface area (Å²) in [6, 6.07) is 0. The average molecular weight is 399 g/mol. The van der Waals surface area contributed by atoms with Crippen LogP contribution in [0.25, 0.3) is 0 Å². The second-order valence-corrected chi connectivity index (χ2v) is 5.17. The molecule has 7 nitrogen and oxygen atoms in total. The fourth-order valence-electron chi connectivity index (χ4n) is 3.07. The summed E-state index contributed by atoms with van der Waals surface area (Å²) in [6.45, 7) is 4.89. The maximum atomic E-state index is 12.4. The molecule has 0 heterocycles. The van der Waals surface area contributed by atoms with E-state index in [0.29, 0.717) is 0 Å². The Labute approximate surface area is 158 Å². The van der Waals surface area contributed by atoms with Crippen molar-refractivity contribution < 1.29 is 66.3 Å². The van der Waals surface area contributed by atoms with Crippen LogP contribution in [0.5, 0.6) is 0 Å². The summed E-state index contributed by atoms with van der Waals surface area (Å²) in [5.41, 5.74) is -5.78. The van der Waals surface area contributed by atoms with Crippen molar-refractivity contribution in [3.05, 3.63) is 0 Å². The molecule has 1 radical (unpaired) electrons. The zero-order valence-corrected chi connectivity index (χ0v) is 16.8. The molecule has 0 aromatic carbocycles. The molecule has 0 saturated heterocycles. The molecule has 0 aliphatic heterocycles. The molecule has 0 saturated carbocycles. The summed E-state index contributed by atoms with van der Waals surface area (Å²) in [5.74, 6) is -8.51. The van der Waals surface area contributed by atoms with Crippen LogP contribution in [0.1, 0.15) is 41.5 Å². The van der Waals surface area contributed by atoms with Crippen molar-refractivity contribution in [1.82, 2.24) is 0 Å². The number of hydrogen-bond acceptors (Lipinski definition) is 7. The van der Waals surface area contributed by atoms with Gasteiger partial charge in [0.1, 0.15) is 0 Å². The molecule has 0 aliphatic rings. The third-order valence-electron chi connectivity index (χ3n) is 3.86. The van der Waals surface area contributed by atoms with Gasteiger partial charge in [-0.05, 0) is 34.6 Å². The van der Waals surface area contributed by atoms with Gasteiger partial charge in [0, 0.05) is 39.6 Å². The quantitative estimate of drug-likeness (QED) is 0.418. The monoisotopic (exact) mass is 399 g/mol. The fourth-order valence-corrected chi connectivity index (χ4v) is 3.07. The normalized spacial score (nSPS) is 11.0. The van der Waals surface area contributed by atoms with Crippen LogP contribution < -0.4 is 0 Å². The third-order valence-corrected chi connectivity index (χ3v) is 3.86. The minimum absolute atomic E-state index is 0. The third kappa shape index (κ3) is 3.22. The molecule has 0 bridgehead atoms. The van der Waals surface area contributed by atoms with E-state index in [2.05, 4.69) is 0 Å². The Kier molecular flexibility index (Phi) is 8.43. The van der Waals surface area contributed by atoms with Crippen molar-refractivity contribution in [3.8, 4) is 0 Å². The van der Waals surface area contributed by atoms with Gasteiger partial charge in [-0.3, -0.25) is 33.6 Å². The van der Waals surface area contributed by atoms with Gasteiger partial charge < -0.3 is 0 Å². The summed E-state index contributed by atoms with van der Waals surface area (Å²) >= 11 is 0. The SMILES string of the molecule is CC(=O)C(=O)C(C(C)=O)(C(C)=O)C(C(C)=O)(C(C)=O)C(C)=O.[Y]. The van der Waals surface area contributed by atoms with Crippen LogP contribution in [-0.2, 0) is 66.3 Å². The van der Waals surface area contributed by atoms with E-state index in [9.17, 15) is 33.6 Å². The van der Waals surface area contributed by atoms with E-state index in [1.54, 1.807) is 0 Å². The first-order chi connectivity index (χ1) is 9.82. The summed E-state index contributed by atoms with van der Waals surface area (Å²) in [5, 5.41) is 0. The minimum atomic E-state index is -2.96. The number of Topliss-reactive ketones (excluding diaryl/α,β-unsaturated/α-hetero) is 7. The Morgan fingerprint density at radius 2 is 0.696 bits per heavy atom. The van der Waals surface area contributed by atoms with Gasteiger partial charge in [0.05, 0.1) is 0 Å². The van der Waals surface area contributed by atoms with Crippen LogP contribution in [0, 0.1) is 10.8 Å². The van der Waals surface area contributed by atoms with Crippen molar-refractivity contribution in [2.45, 2.75) is 41.5 Å². The maximum absolute atomic E-state index is 12.4. The molecule has 8 heteroatoms. The van der Waals surface area contributed by atoms with Crippen LogP contribution in [0.2, 0.25) is 0 Å². The van der Waals surface area contributed by atoms with Crippen LogP contribution in [0.4, 0.5) is 0 Å². The molecule has 0 amide bonds. The van der Waals surface area contributed by atoms with Gasteiger partial charge in [0.2, 0.25) is 5.78 Å². The topological polar surface area (TPSA) is 119 Å². The van der Waals surface area contributed by atoms with Crippen molar-refractivity contribution in [1.29, 1.82) is 0 Å². The number of ketones is 7. The van der Waals surface area contributed by atoms with Gasteiger partial charge >= 0.3 is 0 Å². The first kappa shape index (κ1) is 24.1. The maximum Gasteiger partial charge on any atom is 0.221 e. The van der Waals surface area contributed by atoms with E-state index < -0.39 is 51.3 Å². The summed E-state index contributed by atoms with van der Waals surface area (Å²) in [7, 11) is 0. The van der Waals surface area contributed by atoms with E-state index in [4.69, 9.17) is 0 Å². The van der Waals surface area contributed by atoms with Crippen molar-refractivity contribution in [2.75, 3.05) is 0 Å². The van der Waals surface area contributed by atoms with Crippen molar-refractivity contribution in [3.63, 3.8) is 0 Å². The van der Waals surface area contributed by atoms with E-state index in [-0.39, 0.29) is 32.7 Å². The molecule has 0 unspecified atom stereocenters.